The largest absolute Gasteiger partial charge is 0.233 e. The highest BCUT2D eigenvalue weighted by Gasteiger charge is 2.40. The molecule has 0 radical (unpaired) electrons. The van der Waals surface area contributed by atoms with Crippen molar-refractivity contribution in [3.63, 3.8) is 0 Å². The molecular formula is C28H32N2. The van der Waals surface area contributed by atoms with Gasteiger partial charge in [-0.25, -0.2) is 4.68 Å². The van der Waals surface area contributed by atoms with Crippen LogP contribution >= 0.6 is 0 Å². The molecule has 1 heterocycles. The van der Waals surface area contributed by atoms with Gasteiger partial charge in [0.15, 0.2) is 0 Å². The molecule has 0 bridgehead atoms. The summed E-state index contributed by atoms with van der Waals surface area (Å²) in [5.74, 6) is 0.920. The van der Waals surface area contributed by atoms with Gasteiger partial charge in [0.25, 0.3) is 0 Å². The summed E-state index contributed by atoms with van der Waals surface area (Å²) in [6, 6.07) is 23.5. The molecule has 0 N–H and O–H groups in total. The number of allylic oxidation sites excluding steroid dienone is 4. The molecule has 2 nitrogen and oxygen atoms in total. The molecule has 1 aromatic heterocycles. The van der Waals surface area contributed by atoms with Crippen LogP contribution in [-0.2, 0) is 0 Å². The topological polar surface area (TPSA) is 17.8 Å². The van der Waals surface area contributed by atoms with E-state index in [4.69, 9.17) is 5.10 Å². The zero-order chi connectivity index (χ0) is 21.3. The van der Waals surface area contributed by atoms with E-state index in [0.717, 1.165) is 12.1 Å². The highest BCUT2D eigenvalue weighted by atomic mass is 15.3. The molecular weight excluding hydrogens is 364 g/mol. The molecule has 4 rings (SSSR count). The molecule has 154 valence electrons. The molecule has 0 fully saturated rings. The molecule has 1 atom stereocenters. The summed E-state index contributed by atoms with van der Waals surface area (Å²) >= 11 is 0. The summed E-state index contributed by atoms with van der Waals surface area (Å²) in [7, 11) is 0. The Labute approximate surface area is 181 Å². The van der Waals surface area contributed by atoms with Gasteiger partial charge in [0, 0.05) is 5.41 Å². The zero-order valence-electron chi connectivity index (χ0n) is 18.8. The Hall–Kier alpha value is -2.87. The SMILES string of the molecule is CC(C)C1=C(c2ccnn2-c2ccccc2)C(C)(C(C)C)CC(c2ccccc2)=C1. The lowest BCUT2D eigenvalue weighted by Crippen LogP contribution is -2.31. The second kappa shape index (κ2) is 8.10. The van der Waals surface area contributed by atoms with Gasteiger partial charge in [0.1, 0.15) is 0 Å². The maximum absolute atomic E-state index is 4.72. The first-order valence-corrected chi connectivity index (χ1v) is 11.0. The molecule has 1 aliphatic rings. The van der Waals surface area contributed by atoms with Crippen molar-refractivity contribution >= 4 is 11.1 Å². The smallest absolute Gasteiger partial charge is 0.0709 e. The van der Waals surface area contributed by atoms with Crippen LogP contribution in [0.5, 0.6) is 0 Å². The van der Waals surface area contributed by atoms with Gasteiger partial charge >= 0.3 is 0 Å². The molecule has 1 aliphatic carbocycles. The van der Waals surface area contributed by atoms with E-state index in [1.165, 1.54) is 28.0 Å². The average molecular weight is 397 g/mol. The lowest BCUT2D eigenvalue weighted by molar-refractivity contribution is 0.315. The minimum absolute atomic E-state index is 0.0199. The lowest BCUT2D eigenvalue weighted by atomic mass is 9.62. The van der Waals surface area contributed by atoms with Crippen LogP contribution in [0.3, 0.4) is 0 Å². The fraction of sp³-hybridized carbons (Fsp3) is 0.321. The number of benzene rings is 2. The van der Waals surface area contributed by atoms with Gasteiger partial charge in [-0.15, -0.1) is 0 Å². The lowest BCUT2D eigenvalue weighted by Gasteiger charge is -2.42. The average Bonchev–Trinajstić information content (AvgIpc) is 3.23. The van der Waals surface area contributed by atoms with E-state index in [-0.39, 0.29) is 5.41 Å². The van der Waals surface area contributed by atoms with E-state index in [1.807, 2.05) is 6.20 Å². The Bertz CT molecular complexity index is 1070. The predicted molar refractivity (Wildman–Crippen MR) is 127 cm³/mol. The van der Waals surface area contributed by atoms with E-state index in [0.29, 0.717) is 11.8 Å². The standard InChI is InChI=1S/C28H32N2/c1-20(2)25-18-23(22-12-8-6-9-13-22)19-28(5,21(3)4)27(25)26-16-17-29-30(26)24-14-10-7-11-15-24/h6-18,20-21H,19H2,1-5H3. The van der Waals surface area contributed by atoms with Crippen molar-refractivity contribution in [2.45, 2.75) is 41.0 Å². The molecule has 0 amide bonds. The van der Waals surface area contributed by atoms with E-state index in [2.05, 4.69) is 112 Å². The first-order valence-electron chi connectivity index (χ1n) is 11.0. The van der Waals surface area contributed by atoms with Crippen LogP contribution in [0.2, 0.25) is 0 Å². The summed E-state index contributed by atoms with van der Waals surface area (Å²) < 4.78 is 2.11. The number of nitrogens with zero attached hydrogens (tertiary/aromatic N) is 2. The summed E-state index contributed by atoms with van der Waals surface area (Å²) in [6.45, 7) is 11.8. The number of para-hydroxylation sites is 1. The van der Waals surface area contributed by atoms with Crippen molar-refractivity contribution in [2.24, 2.45) is 17.3 Å². The Kier molecular flexibility index (Phi) is 5.51. The van der Waals surface area contributed by atoms with Crippen molar-refractivity contribution in [2.75, 3.05) is 0 Å². The van der Waals surface area contributed by atoms with E-state index >= 15 is 0 Å². The molecule has 0 aliphatic heterocycles. The van der Waals surface area contributed by atoms with Gasteiger partial charge in [0.05, 0.1) is 17.6 Å². The van der Waals surface area contributed by atoms with Crippen molar-refractivity contribution in [3.8, 4) is 5.69 Å². The first kappa shape index (κ1) is 20.4. The minimum Gasteiger partial charge on any atom is -0.233 e. The van der Waals surface area contributed by atoms with Crippen molar-refractivity contribution in [1.29, 1.82) is 0 Å². The fourth-order valence-electron chi connectivity index (χ4n) is 4.62. The van der Waals surface area contributed by atoms with Crippen LogP contribution < -0.4 is 0 Å². The maximum Gasteiger partial charge on any atom is 0.0709 e. The molecule has 3 aromatic rings. The van der Waals surface area contributed by atoms with Gasteiger partial charge in [0.2, 0.25) is 0 Å². The van der Waals surface area contributed by atoms with Gasteiger partial charge in [-0.2, -0.15) is 5.10 Å². The molecule has 1 unspecified atom stereocenters. The van der Waals surface area contributed by atoms with Crippen LogP contribution in [-0.4, -0.2) is 9.78 Å². The third kappa shape index (κ3) is 3.56. The molecule has 30 heavy (non-hydrogen) atoms. The van der Waals surface area contributed by atoms with Crippen molar-refractivity contribution in [1.82, 2.24) is 9.78 Å². The van der Waals surface area contributed by atoms with E-state index < -0.39 is 0 Å². The normalized spacial score (nSPS) is 19.5. The van der Waals surface area contributed by atoms with Crippen molar-refractivity contribution < 1.29 is 0 Å². The summed E-state index contributed by atoms with van der Waals surface area (Å²) in [5.41, 5.74) is 7.97. The van der Waals surface area contributed by atoms with E-state index in [1.54, 1.807) is 0 Å². The molecule has 0 saturated heterocycles. The van der Waals surface area contributed by atoms with Crippen LogP contribution in [0.25, 0.3) is 16.8 Å². The van der Waals surface area contributed by atoms with Crippen molar-refractivity contribution in [3.05, 3.63) is 95.8 Å². The molecule has 2 aromatic carbocycles. The highest BCUT2D eigenvalue weighted by molar-refractivity contribution is 5.84. The second-order valence-electron chi connectivity index (χ2n) is 9.23. The quantitative estimate of drug-likeness (QED) is 0.438. The second-order valence-corrected chi connectivity index (χ2v) is 9.23. The Balaban J connectivity index is 1.97. The Morgan fingerprint density at radius 3 is 2.10 bits per heavy atom. The van der Waals surface area contributed by atoms with E-state index in [9.17, 15) is 0 Å². The Morgan fingerprint density at radius 1 is 0.867 bits per heavy atom. The summed E-state index contributed by atoms with van der Waals surface area (Å²) in [6.07, 6.45) is 5.41. The van der Waals surface area contributed by atoms with Crippen LogP contribution in [0.15, 0.2) is 84.6 Å². The fourth-order valence-corrected chi connectivity index (χ4v) is 4.62. The third-order valence-electron chi connectivity index (χ3n) is 6.69. The third-order valence-corrected chi connectivity index (χ3v) is 6.69. The minimum atomic E-state index is 0.0199. The van der Waals surface area contributed by atoms with Gasteiger partial charge in [-0.3, -0.25) is 0 Å². The highest BCUT2D eigenvalue weighted by Crippen LogP contribution is 2.53. The molecule has 2 heteroatoms. The maximum atomic E-state index is 4.72. The summed E-state index contributed by atoms with van der Waals surface area (Å²) in [4.78, 5) is 0. The van der Waals surface area contributed by atoms with Gasteiger partial charge in [-0.05, 0) is 58.7 Å². The predicted octanol–water partition coefficient (Wildman–Crippen LogP) is 7.43. The number of aromatic nitrogens is 2. The number of rotatable bonds is 5. The first-order chi connectivity index (χ1) is 14.4. The van der Waals surface area contributed by atoms with Crippen LogP contribution in [0.4, 0.5) is 0 Å². The van der Waals surface area contributed by atoms with Crippen LogP contribution in [0.1, 0.15) is 52.3 Å². The summed E-state index contributed by atoms with van der Waals surface area (Å²) in [5, 5.41) is 4.72. The van der Waals surface area contributed by atoms with Gasteiger partial charge in [-0.1, -0.05) is 89.2 Å². The number of hydrogen-bond donors (Lipinski definition) is 0. The zero-order valence-corrected chi connectivity index (χ0v) is 18.8. The van der Waals surface area contributed by atoms with Crippen LogP contribution in [0, 0.1) is 17.3 Å². The Morgan fingerprint density at radius 2 is 1.50 bits per heavy atom. The monoisotopic (exact) mass is 396 g/mol. The molecule has 0 spiro atoms. The number of hydrogen-bond acceptors (Lipinski definition) is 1. The molecule has 0 saturated carbocycles. The van der Waals surface area contributed by atoms with Gasteiger partial charge < -0.3 is 0 Å².